The van der Waals surface area contributed by atoms with Gasteiger partial charge in [-0.1, -0.05) is 0 Å². The smallest absolute Gasteiger partial charge is 0.269 e. The number of carbonyl (C=O) groups excluding carboxylic acids is 1. The van der Waals surface area contributed by atoms with Gasteiger partial charge in [0, 0.05) is 17.7 Å². The van der Waals surface area contributed by atoms with Crippen LogP contribution in [0.5, 0.6) is 0 Å². The maximum atomic E-state index is 12.1. The van der Waals surface area contributed by atoms with E-state index in [1.54, 1.807) is 6.07 Å². The highest BCUT2D eigenvalue weighted by molar-refractivity contribution is 5.96. The predicted molar refractivity (Wildman–Crippen MR) is 69.1 cm³/mol. The number of nitro groups is 1. The molecule has 0 N–H and O–H groups in total. The molecule has 0 aliphatic heterocycles. The summed E-state index contributed by atoms with van der Waals surface area (Å²) >= 11 is 0. The summed E-state index contributed by atoms with van der Waals surface area (Å²) in [6, 6.07) is 8.71. The molecule has 0 fully saturated rings. The van der Waals surface area contributed by atoms with E-state index in [1.165, 1.54) is 35.2 Å². The van der Waals surface area contributed by atoms with Gasteiger partial charge in [-0.3, -0.25) is 14.9 Å². The van der Waals surface area contributed by atoms with Crippen LogP contribution in [0.2, 0.25) is 0 Å². The largest absolute Gasteiger partial charge is 0.313 e. The number of nitriles is 2. The molecule has 0 saturated carbocycles. The van der Waals surface area contributed by atoms with Crippen molar-refractivity contribution in [3.05, 3.63) is 57.7 Å². The Kier molecular flexibility index (Phi) is 3.73. The van der Waals surface area contributed by atoms with E-state index in [9.17, 15) is 14.9 Å². The first-order valence-corrected chi connectivity index (χ1v) is 5.69. The predicted octanol–water partition coefficient (Wildman–Crippen LogP) is 1.42. The van der Waals surface area contributed by atoms with E-state index in [4.69, 9.17) is 10.5 Å². The molecule has 1 aromatic carbocycles. The molecule has 2 rings (SSSR count). The number of nitrogens with zero attached hydrogens (tertiary/aromatic N) is 5. The second kappa shape index (κ2) is 5.63. The molecule has 1 heterocycles. The third kappa shape index (κ3) is 2.74. The molecule has 0 aliphatic rings. The molecule has 0 bridgehead atoms. The standard InChI is InChI=1S/C13H7N5O3/c14-5-11-12(6-15)17(8-16-11)7-13(19)9-1-3-10(4-2-9)18(20)21/h1-4,8H,7H2. The van der Waals surface area contributed by atoms with E-state index in [0.29, 0.717) is 0 Å². The molecule has 0 spiro atoms. The number of non-ortho nitro benzene ring substituents is 1. The maximum absolute atomic E-state index is 12.1. The van der Waals surface area contributed by atoms with Crippen LogP contribution < -0.4 is 0 Å². The van der Waals surface area contributed by atoms with Crippen LogP contribution in [0.25, 0.3) is 0 Å². The highest BCUT2D eigenvalue weighted by Crippen LogP contribution is 2.13. The van der Waals surface area contributed by atoms with Crippen LogP contribution in [-0.4, -0.2) is 20.3 Å². The summed E-state index contributed by atoms with van der Waals surface area (Å²) in [5.41, 5.74) is 0.122. The Morgan fingerprint density at radius 1 is 1.29 bits per heavy atom. The third-order valence-electron chi connectivity index (χ3n) is 2.76. The summed E-state index contributed by atoms with van der Waals surface area (Å²) < 4.78 is 1.27. The third-order valence-corrected chi connectivity index (χ3v) is 2.76. The van der Waals surface area contributed by atoms with Crippen LogP contribution in [0.15, 0.2) is 30.6 Å². The molecule has 0 amide bonds. The van der Waals surface area contributed by atoms with Gasteiger partial charge in [0.1, 0.15) is 12.1 Å². The van der Waals surface area contributed by atoms with Crippen molar-refractivity contribution in [3.63, 3.8) is 0 Å². The number of Topliss-reactive ketones (excluding diaryl/α,β-unsaturated/α-hetero) is 1. The average molecular weight is 281 g/mol. The molecule has 102 valence electrons. The zero-order valence-electron chi connectivity index (χ0n) is 10.6. The molecule has 0 aliphatic carbocycles. The van der Waals surface area contributed by atoms with Crippen molar-refractivity contribution in [1.29, 1.82) is 10.5 Å². The van der Waals surface area contributed by atoms with E-state index >= 15 is 0 Å². The topological polar surface area (TPSA) is 126 Å². The summed E-state index contributed by atoms with van der Waals surface area (Å²) in [5, 5.41) is 28.3. The van der Waals surface area contributed by atoms with Gasteiger partial charge in [0.25, 0.3) is 5.69 Å². The summed E-state index contributed by atoms with van der Waals surface area (Å²) in [6.45, 7) is -0.171. The quantitative estimate of drug-likeness (QED) is 0.474. The zero-order valence-corrected chi connectivity index (χ0v) is 10.6. The van der Waals surface area contributed by atoms with Crippen molar-refractivity contribution in [2.75, 3.05) is 0 Å². The molecule has 0 atom stereocenters. The number of carbonyl (C=O) groups is 1. The Morgan fingerprint density at radius 3 is 2.48 bits per heavy atom. The van der Waals surface area contributed by atoms with Gasteiger partial charge in [-0.05, 0) is 12.1 Å². The number of rotatable bonds is 4. The summed E-state index contributed by atoms with van der Waals surface area (Å²) in [5.74, 6) is -0.344. The molecular weight excluding hydrogens is 274 g/mol. The van der Waals surface area contributed by atoms with E-state index in [0.717, 1.165) is 0 Å². The van der Waals surface area contributed by atoms with Crippen LogP contribution in [0, 0.1) is 32.8 Å². The molecule has 8 heteroatoms. The number of ketones is 1. The van der Waals surface area contributed by atoms with Crippen LogP contribution in [-0.2, 0) is 6.54 Å². The van der Waals surface area contributed by atoms with Crippen molar-refractivity contribution < 1.29 is 9.72 Å². The van der Waals surface area contributed by atoms with Gasteiger partial charge >= 0.3 is 0 Å². The second-order valence-corrected chi connectivity index (χ2v) is 4.02. The lowest BCUT2D eigenvalue weighted by Gasteiger charge is -2.03. The molecule has 0 radical (unpaired) electrons. The van der Waals surface area contributed by atoms with E-state index < -0.39 is 4.92 Å². The first-order chi connectivity index (χ1) is 10.1. The zero-order chi connectivity index (χ0) is 15.4. The van der Waals surface area contributed by atoms with Gasteiger partial charge in [0.05, 0.1) is 17.8 Å². The highest BCUT2D eigenvalue weighted by Gasteiger charge is 2.15. The van der Waals surface area contributed by atoms with Gasteiger partial charge in [-0.15, -0.1) is 0 Å². The molecule has 0 unspecified atom stereocenters. The minimum Gasteiger partial charge on any atom is -0.313 e. The summed E-state index contributed by atoms with van der Waals surface area (Å²) in [6.07, 6.45) is 1.24. The maximum Gasteiger partial charge on any atom is 0.269 e. The van der Waals surface area contributed by atoms with Gasteiger partial charge < -0.3 is 4.57 Å². The fourth-order valence-electron chi connectivity index (χ4n) is 1.72. The molecule has 0 saturated heterocycles. The van der Waals surface area contributed by atoms with Crippen LogP contribution >= 0.6 is 0 Å². The number of aromatic nitrogens is 2. The first kappa shape index (κ1) is 13.9. The van der Waals surface area contributed by atoms with Crippen molar-refractivity contribution in [3.8, 4) is 12.1 Å². The summed E-state index contributed by atoms with van der Waals surface area (Å²) in [4.78, 5) is 25.8. The van der Waals surface area contributed by atoms with Crippen molar-refractivity contribution in [1.82, 2.24) is 9.55 Å². The highest BCUT2D eigenvalue weighted by atomic mass is 16.6. The Hall–Kier alpha value is -3.52. The lowest BCUT2D eigenvalue weighted by atomic mass is 10.1. The first-order valence-electron chi connectivity index (χ1n) is 5.69. The van der Waals surface area contributed by atoms with Gasteiger partial charge in [0.15, 0.2) is 17.2 Å². The molecule has 21 heavy (non-hydrogen) atoms. The van der Waals surface area contributed by atoms with Crippen molar-refractivity contribution in [2.24, 2.45) is 0 Å². The number of imidazole rings is 1. The Bertz CT molecular complexity index is 793. The Morgan fingerprint density at radius 2 is 1.95 bits per heavy atom. The Balaban J connectivity index is 2.23. The minimum atomic E-state index is -0.558. The Labute approximate surface area is 118 Å². The monoisotopic (exact) mass is 281 g/mol. The van der Waals surface area contributed by atoms with Gasteiger partial charge in [-0.25, -0.2) is 4.98 Å². The number of hydrogen-bond donors (Lipinski definition) is 0. The summed E-state index contributed by atoms with van der Waals surface area (Å²) in [7, 11) is 0. The van der Waals surface area contributed by atoms with Gasteiger partial charge in [0.2, 0.25) is 0 Å². The number of benzene rings is 1. The average Bonchev–Trinajstić information content (AvgIpc) is 2.89. The second-order valence-electron chi connectivity index (χ2n) is 4.02. The van der Waals surface area contributed by atoms with Gasteiger partial charge in [-0.2, -0.15) is 10.5 Å². The van der Waals surface area contributed by atoms with Crippen LogP contribution in [0.1, 0.15) is 21.7 Å². The lowest BCUT2D eigenvalue weighted by molar-refractivity contribution is -0.384. The SMILES string of the molecule is N#Cc1ncn(CC(=O)c2ccc([N+](=O)[O-])cc2)c1C#N. The van der Waals surface area contributed by atoms with E-state index in [2.05, 4.69) is 4.98 Å². The molecule has 2 aromatic rings. The normalized spacial score (nSPS) is 9.62. The van der Waals surface area contributed by atoms with Crippen molar-refractivity contribution in [2.45, 2.75) is 6.54 Å². The molecule has 8 nitrogen and oxygen atoms in total. The van der Waals surface area contributed by atoms with Crippen molar-refractivity contribution >= 4 is 11.5 Å². The lowest BCUT2D eigenvalue weighted by Crippen LogP contribution is -2.11. The van der Waals surface area contributed by atoms with E-state index in [1.807, 2.05) is 6.07 Å². The molecule has 1 aromatic heterocycles. The van der Waals surface area contributed by atoms with Crippen LogP contribution in [0.3, 0.4) is 0 Å². The number of hydrogen-bond acceptors (Lipinski definition) is 6. The minimum absolute atomic E-state index is 0.00719. The fourth-order valence-corrected chi connectivity index (χ4v) is 1.72. The fraction of sp³-hybridized carbons (Fsp3) is 0.0769. The molecular formula is C13H7N5O3. The van der Waals surface area contributed by atoms with E-state index in [-0.39, 0.29) is 35.0 Å². The number of nitro benzene ring substituents is 1. The van der Waals surface area contributed by atoms with Crippen LogP contribution in [0.4, 0.5) is 5.69 Å².